The van der Waals surface area contributed by atoms with Gasteiger partial charge in [0, 0.05) is 6.61 Å². The Kier molecular flexibility index (Phi) is 3.06. The third-order valence-corrected chi connectivity index (χ3v) is 3.95. The third kappa shape index (κ3) is 2.14. The number of ether oxygens (including phenoxy) is 1. The molecular weight excluding hydrogens is 180 g/mol. The van der Waals surface area contributed by atoms with Crippen molar-refractivity contribution >= 4 is 10.5 Å². The van der Waals surface area contributed by atoms with Crippen molar-refractivity contribution in [1.82, 2.24) is 0 Å². The lowest BCUT2D eigenvalue weighted by molar-refractivity contribution is 0.173. The van der Waals surface area contributed by atoms with E-state index in [4.69, 9.17) is 9.16 Å². The van der Waals surface area contributed by atoms with E-state index in [9.17, 15) is 0 Å². The Morgan fingerprint density at radius 2 is 2.31 bits per heavy atom. The molecule has 0 N–H and O–H groups in total. The number of hydrogen-bond acceptors (Lipinski definition) is 2. The molecule has 1 saturated heterocycles. The summed E-state index contributed by atoms with van der Waals surface area (Å²) in [6.07, 6.45) is 6.50. The average Bonchev–Trinajstić information content (AvgIpc) is 2.91. The molecule has 4 atom stereocenters. The first-order valence-corrected chi connectivity index (χ1v) is 6.31. The summed E-state index contributed by atoms with van der Waals surface area (Å²) in [4.78, 5) is 0. The van der Waals surface area contributed by atoms with Crippen molar-refractivity contribution in [2.45, 2.75) is 44.8 Å². The number of epoxide rings is 1. The fourth-order valence-corrected chi connectivity index (χ4v) is 3.09. The lowest BCUT2D eigenvalue weighted by Crippen LogP contribution is -2.24. The zero-order valence-electron chi connectivity index (χ0n) is 8.66. The molecule has 2 aliphatic rings. The molecular formula is C10H20O2Si. The van der Waals surface area contributed by atoms with Gasteiger partial charge in [-0.15, -0.1) is 0 Å². The molecule has 0 radical (unpaired) electrons. The third-order valence-electron chi connectivity index (χ3n) is 3.62. The summed E-state index contributed by atoms with van der Waals surface area (Å²) in [5, 5.41) is 0. The number of rotatable bonds is 4. The van der Waals surface area contributed by atoms with Crippen LogP contribution in [0.1, 0.15) is 32.6 Å². The molecule has 1 heterocycles. The molecule has 76 valence electrons. The van der Waals surface area contributed by atoms with Gasteiger partial charge in [-0.05, 0) is 31.1 Å². The molecule has 0 aromatic heterocycles. The molecule has 2 rings (SSSR count). The van der Waals surface area contributed by atoms with Gasteiger partial charge in [0.15, 0.2) is 0 Å². The topological polar surface area (TPSA) is 21.8 Å². The zero-order valence-corrected chi connectivity index (χ0v) is 10.7. The molecule has 0 bridgehead atoms. The fraction of sp³-hybridized carbons (Fsp3) is 1.00. The maximum Gasteiger partial charge on any atom is 0.145 e. The van der Waals surface area contributed by atoms with E-state index in [0.29, 0.717) is 12.2 Å². The molecule has 0 amide bonds. The Labute approximate surface area is 83.5 Å². The molecule has 0 aromatic carbocycles. The molecule has 0 spiro atoms. The van der Waals surface area contributed by atoms with Gasteiger partial charge in [0.1, 0.15) is 10.5 Å². The van der Waals surface area contributed by atoms with Gasteiger partial charge in [0.05, 0.1) is 12.2 Å². The van der Waals surface area contributed by atoms with Crippen LogP contribution in [0, 0.1) is 11.8 Å². The van der Waals surface area contributed by atoms with Gasteiger partial charge in [0.25, 0.3) is 0 Å². The second-order valence-corrected chi connectivity index (χ2v) is 4.99. The quantitative estimate of drug-likeness (QED) is 0.496. The number of fused-ring (bicyclic) bond motifs is 1. The smallest absolute Gasteiger partial charge is 0.145 e. The fourth-order valence-electron chi connectivity index (χ4n) is 2.66. The standard InChI is InChI=1S/C10H20O2Si/c1-2-7(6-11-13)8-3-4-9-10(5-8)12-9/h7-10H,2-6H2,1,13H3. The zero-order chi connectivity index (χ0) is 9.26. The summed E-state index contributed by atoms with van der Waals surface area (Å²) in [7, 11) is 0.886. The highest BCUT2D eigenvalue weighted by Crippen LogP contribution is 2.42. The first kappa shape index (κ1) is 9.68. The van der Waals surface area contributed by atoms with E-state index in [0.717, 1.165) is 28.9 Å². The average molecular weight is 200 g/mol. The number of hydrogen-bond donors (Lipinski definition) is 0. The van der Waals surface area contributed by atoms with Crippen LogP contribution in [-0.2, 0) is 9.16 Å². The molecule has 2 fully saturated rings. The Bertz CT molecular complexity index is 174. The van der Waals surface area contributed by atoms with Crippen molar-refractivity contribution in [3.8, 4) is 0 Å². The van der Waals surface area contributed by atoms with E-state index in [1.807, 2.05) is 0 Å². The molecule has 1 aliphatic heterocycles. The highest BCUT2D eigenvalue weighted by molar-refractivity contribution is 5.97. The molecule has 1 aliphatic carbocycles. The second-order valence-electron chi connectivity index (χ2n) is 4.41. The van der Waals surface area contributed by atoms with Crippen molar-refractivity contribution in [2.75, 3.05) is 6.61 Å². The van der Waals surface area contributed by atoms with Crippen molar-refractivity contribution in [2.24, 2.45) is 11.8 Å². The Balaban J connectivity index is 1.82. The Hall–Kier alpha value is 0.137. The van der Waals surface area contributed by atoms with Gasteiger partial charge in [-0.3, -0.25) is 0 Å². The summed E-state index contributed by atoms with van der Waals surface area (Å²) in [6, 6.07) is 0. The van der Waals surface area contributed by atoms with Gasteiger partial charge in [-0.1, -0.05) is 13.3 Å². The van der Waals surface area contributed by atoms with Crippen LogP contribution in [0.15, 0.2) is 0 Å². The molecule has 0 aromatic rings. The largest absolute Gasteiger partial charge is 0.428 e. The van der Waals surface area contributed by atoms with Crippen LogP contribution in [0.2, 0.25) is 0 Å². The minimum atomic E-state index is 0.627. The molecule has 2 nitrogen and oxygen atoms in total. The lowest BCUT2D eigenvalue weighted by atomic mass is 9.79. The van der Waals surface area contributed by atoms with Crippen molar-refractivity contribution in [1.29, 1.82) is 0 Å². The van der Waals surface area contributed by atoms with Crippen LogP contribution in [0.25, 0.3) is 0 Å². The highest BCUT2D eigenvalue weighted by Gasteiger charge is 2.45. The maximum atomic E-state index is 5.55. The minimum absolute atomic E-state index is 0.627. The van der Waals surface area contributed by atoms with Crippen molar-refractivity contribution in [3.63, 3.8) is 0 Å². The SMILES string of the molecule is CCC(CO[SiH3])C1CCC2OC2C1. The Morgan fingerprint density at radius 1 is 1.46 bits per heavy atom. The van der Waals surface area contributed by atoms with Crippen LogP contribution >= 0.6 is 0 Å². The van der Waals surface area contributed by atoms with Crippen LogP contribution in [0.3, 0.4) is 0 Å². The minimum Gasteiger partial charge on any atom is -0.428 e. The normalized spacial score (nSPS) is 39.9. The summed E-state index contributed by atoms with van der Waals surface area (Å²) in [5.41, 5.74) is 0. The van der Waals surface area contributed by atoms with Gasteiger partial charge < -0.3 is 9.16 Å². The van der Waals surface area contributed by atoms with Crippen molar-refractivity contribution in [3.05, 3.63) is 0 Å². The van der Waals surface area contributed by atoms with Gasteiger partial charge >= 0.3 is 0 Å². The summed E-state index contributed by atoms with van der Waals surface area (Å²) in [6.45, 7) is 3.27. The van der Waals surface area contributed by atoms with Gasteiger partial charge in [0.2, 0.25) is 0 Å². The second kappa shape index (κ2) is 4.11. The summed E-state index contributed by atoms with van der Waals surface area (Å²) in [5.74, 6) is 1.67. The van der Waals surface area contributed by atoms with E-state index in [1.54, 1.807) is 0 Å². The van der Waals surface area contributed by atoms with Gasteiger partial charge in [-0.2, -0.15) is 0 Å². The van der Waals surface area contributed by atoms with E-state index in [-0.39, 0.29) is 0 Å². The maximum absolute atomic E-state index is 5.55. The lowest BCUT2D eigenvalue weighted by Gasteiger charge is -2.27. The Morgan fingerprint density at radius 3 is 2.92 bits per heavy atom. The molecule has 1 saturated carbocycles. The van der Waals surface area contributed by atoms with E-state index in [2.05, 4.69) is 6.92 Å². The van der Waals surface area contributed by atoms with Crippen LogP contribution < -0.4 is 0 Å². The van der Waals surface area contributed by atoms with Crippen LogP contribution in [0.5, 0.6) is 0 Å². The van der Waals surface area contributed by atoms with Crippen molar-refractivity contribution < 1.29 is 9.16 Å². The van der Waals surface area contributed by atoms with Crippen LogP contribution in [-0.4, -0.2) is 29.3 Å². The predicted octanol–water partition coefficient (Wildman–Crippen LogP) is 0.877. The van der Waals surface area contributed by atoms with Gasteiger partial charge in [-0.25, -0.2) is 0 Å². The highest BCUT2D eigenvalue weighted by atomic mass is 28.2. The van der Waals surface area contributed by atoms with E-state index < -0.39 is 0 Å². The first-order valence-electron chi connectivity index (χ1n) is 5.49. The molecule has 4 unspecified atom stereocenters. The van der Waals surface area contributed by atoms with Crippen LogP contribution in [0.4, 0.5) is 0 Å². The molecule has 3 heteroatoms. The van der Waals surface area contributed by atoms with E-state index in [1.165, 1.54) is 25.7 Å². The first-order chi connectivity index (χ1) is 6.35. The molecule has 13 heavy (non-hydrogen) atoms. The van der Waals surface area contributed by atoms with E-state index >= 15 is 0 Å². The monoisotopic (exact) mass is 200 g/mol. The summed E-state index contributed by atoms with van der Waals surface area (Å²) < 4.78 is 10.9. The predicted molar refractivity (Wildman–Crippen MR) is 55.7 cm³/mol. The summed E-state index contributed by atoms with van der Waals surface area (Å²) >= 11 is 0.